The highest BCUT2D eigenvalue weighted by Crippen LogP contribution is 2.32. The molecule has 1 aromatic heterocycles. The van der Waals surface area contributed by atoms with Crippen molar-refractivity contribution < 1.29 is 0 Å². The SMILES string of the molecule is Cc1nnc(N2C[C@H](C(C)C)[C@@H](N(C)C)C2)s1.Cl. The van der Waals surface area contributed by atoms with Gasteiger partial charge in [-0.15, -0.1) is 22.6 Å². The van der Waals surface area contributed by atoms with E-state index in [-0.39, 0.29) is 12.4 Å². The highest BCUT2D eigenvalue weighted by molar-refractivity contribution is 7.15. The Morgan fingerprint density at radius 2 is 1.94 bits per heavy atom. The van der Waals surface area contributed by atoms with Crippen LogP contribution in [-0.2, 0) is 0 Å². The molecule has 1 saturated heterocycles. The Morgan fingerprint density at radius 3 is 2.33 bits per heavy atom. The molecule has 1 aliphatic rings. The van der Waals surface area contributed by atoms with Crippen LogP contribution in [0.5, 0.6) is 0 Å². The van der Waals surface area contributed by atoms with Crippen molar-refractivity contribution in [3.63, 3.8) is 0 Å². The molecule has 0 bridgehead atoms. The molecule has 0 amide bonds. The molecule has 1 aliphatic heterocycles. The molecule has 0 unspecified atom stereocenters. The molecule has 0 radical (unpaired) electrons. The first-order chi connectivity index (χ1) is 7.99. The van der Waals surface area contributed by atoms with Crippen molar-refractivity contribution in [2.24, 2.45) is 11.8 Å². The molecular weight excluding hydrogens is 268 g/mol. The molecule has 0 aromatic carbocycles. The van der Waals surface area contributed by atoms with Crippen molar-refractivity contribution in [3.05, 3.63) is 5.01 Å². The predicted octanol–water partition coefficient (Wildman–Crippen LogP) is 2.29. The fraction of sp³-hybridized carbons (Fsp3) is 0.833. The van der Waals surface area contributed by atoms with E-state index in [1.165, 1.54) is 0 Å². The van der Waals surface area contributed by atoms with E-state index in [9.17, 15) is 0 Å². The van der Waals surface area contributed by atoms with Crippen LogP contribution in [0, 0.1) is 18.8 Å². The summed E-state index contributed by atoms with van der Waals surface area (Å²) in [4.78, 5) is 4.73. The van der Waals surface area contributed by atoms with Crippen LogP contribution in [0.3, 0.4) is 0 Å². The highest BCUT2D eigenvalue weighted by Gasteiger charge is 2.36. The van der Waals surface area contributed by atoms with Crippen LogP contribution in [-0.4, -0.2) is 48.3 Å². The van der Waals surface area contributed by atoms with E-state index in [2.05, 4.69) is 47.9 Å². The Balaban J connectivity index is 0.00000162. The lowest BCUT2D eigenvalue weighted by Gasteiger charge is -2.27. The molecule has 2 heterocycles. The second-order valence-corrected chi connectivity index (χ2v) is 6.61. The number of rotatable bonds is 3. The van der Waals surface area contributed by atoms with Crippen LogP contribution in [0.25, 0.3) is 0 Å². The third-order valence-electron chi connectivity index (χ3n) is 3.64. The van der Waals surface area contributed by atoms with Gasteiger partial charge in [0, 0.05) is 19.1 Å². The van der Waals surface area contributed by atoms with E-state index in [1.807, 2.05) is 6.92 Å². The van der Waals surface area contributed by atoms with E-state index in [1.54, 1.807) is 11.3 Å². The van der Waals surface area contributed by atoms with Gasteiger partial charge in [0.1, 0.15) is 5.01 Å². The molecule has 104 valence electrons. The molecule has 2 rings (SSSR count). The molecule has 0 aliphatic carbocycles. The first-order valence-electron chi connectivity index (χ1n) is 6.20. The summed E-state index contributed by atoms with van der Waals surface area (Å²) in [5.74, 6) is 1.43. The molecule has 4 nitrogen and oxygen atoms in total. The average Bonchev–Trinajstić information content (AvgIpc) is 2.82. The van der Waals surface area contributed by atoms with Gasteiger partial charge in [0.25, 0.3) is 0 Å². The summed E-state index contributed by atoms with van der Waals surface area (Å²) in [6.07, 6.45) is 0. The number of aromatic nitrogens is 2. The van der Waals surface area contributed by atoms with Crippen LogP contribution in [0.2, 0.25) is 0 Å². The Morgan fingerprint density at radius 1 is 1.28 bits per heavy atom. The number of hydrogen-bond acceptors (Lipinski definition) is 5. The highest BCUT2D eigenvalue weighted by atomic mass is 35.5. The van der Waals surface area contributed by atoms with Gasteiger partial charge >= 0.3 is 0 Å². The minimum absolute atomic E-state index is 0. The fourth-order valence-corrected chi connectivity index (χ4v) is 3.29. The van der Waals surface area contributed by atoms with Crippen molar-refractivity contribution in [3.8, 4) is 0 Å². The minimum atomic E-state index is 0. The van der Waals surface area contributed by atoms with Crippen LogP contribution >= 0.6 is 23.7 Å². The van der Waals surface area contributed by atoms with Gasteiger partial charge in [0.2, 0.25) is 5.13 Å². The molecule has 0 spiro atoms. The second kappa shape index (κ2) is 6.17. The monoisotopic (exact) mass is 290 g/mol. The van der Waals surface area contributed by atoms with Gasteiger partial charge in [-0.2, -0.15) is 0 Å². The zero-order valence-electron chi connectivity index (χ0n) is 11.8. The van der Waals surface area contributed by atoms with Crippen LogP contribution < -0.4 is 4.90 Å². The number of hydrogen-bond donors (Lipinski definition) is 0. The van der Waals surface area contributed by atoms with Crippen molar-refractivity contribution in [1.29, 1.82) is 0 Å². The molecule has 0 N–H and O–H groups in total. The molecule has 1 fully saturated rings. The third kappa shape index (κ3) is 3.13. The van der Waals surface area contributed by atoms with Crippen LogP contribution in [0.1, 0.15) is 18.9 Å². The van der Waals surface area contributed by atoms with Crippen LogP contribution in [0.15, 0.2) is 0 Å². The van der Waals surface area contributed by atoms with E-state index in [0.29, 0.717) is 17.9 Å². The molecular formula is C12H23ClN4S. The van der Waals surface area contributed by atoms with Gasteiger partial charge in [-0.3, -0.25) is 0 Å². The van der Waals surface area contributed by atoms with Gasteiger partial charge < -0.3 is 9.80 Å². The maximum absolute atomic E-state index is 4.26. The zero-order valence-corrected chi connectivity index (χ0v) is 13.4. The van der Waals surface area contributed by atoms with E-state index >= 15 is 0 Å². The standard InChI is InChI=1S/C12H22N4S.ClH/c1-8(2)10-6-16(7-11(10)15(4)5)12-14-13-9(3)17-12;/h8,10-11H,6-7H2,1-5H3;1H/t10-,11+;/m1./s1. The Kier molecular flexibility index (Phi) is 5.37. The normalized spacial score (nSPS) is 23.8. The largest absolute Gasteiger partial charge is 0.345 e. The summed E-state index contributed by atoms with van der Waals surface area (Å²) in [6, 6.07) is 0.624. The zero-order chi connectivity index (χ0) is 12.6. The van der Waals surface area contributed by atoms with Gasteiger partial charge in [0.05, 0.1) is 0 Å². The third-order valence-corrected chi connectivity index (χ3v) is 4.54. The van der Waals surface area contributed by atoms with E-state index in [0.717, 1.165) is 23.2 Å². The number of anilines is 1. The van der Waals surface area contributed by atoms with Gasteiger partial charge in [0.15, 0.2) is 0 Å². The van der Waals surface area contributed by atoms with Gasteiger partial charge in [-0.25, -0.2) is 0 Å². The lowest BCUT2D eigenvalue weighted by Crippen LogP contribution is -2.37. The number of aryl methyl sites for hydroxylation is 1. The first-order valence-corrected chi connectivity index (χ1v) is 7.02. The van der Waals surface area contributed by atoms with Gasteiger partial charge in [-0.1, -0.05) is 25.2 Å². The van der Waals surface area contributed by atoms with E-state index < -0.39 is 0 Å². The molecule has 6 heteroatoms. The summed E-state index contributed by atoms with van der Waals surface area (Å²) >= 11 is 1.70. The maximum atomic E-state index is 4.26. The first kappa shape index (κ1) is 15.7. The number of halogens is 1. The molecule has 18 heavy (non-hydrogen) atoms. The summed E-state index contributed by atoms with van der Waals surface area (Å²) in [7, 11) is 4.35. The summed E-state index contributed by atoms with van der Waals surface area (Å²) < 4.78 is 0. The Hall–Kier alpha value is -0.390. The number of likely N-dealkylation sites (N-methyl/N-ethyl adjacent to an activating group) is 1. The topological polar surface area (TPSA) is 32.3 Å². The van der Waals surface area contributed by atoms with E-state index in [4.69, 9.17) is 0 Å². The number of nitrogens with zero attached hydrogens (tertiary/aromatic N) is 4. The fourth-order valence-electron chi connectivity index (χ4n) is 2.58. The maximum Gasteiger partial charge on any atom is 0.208 e. The van der Waals surface area contributed by atoms with Gasteiger partial charge in [-0.05, 0) is 32.9 Å². The average molecular weight is 291 g/mol. The van der Waals surface area contributed by atoms with Crippen molar-refractivity contribution in [2.75, 3.05) is 32.1 Å². The quantitative estimate of drug-likeness (QED) is 0.855. The van der Waals surface area contributed by atoms with Crippen molar-refractivity contribution in [1.82, 2.24) is 15.1 Å². The predicted molar refractivity (Wildman–Crippen MR) is 79.9 cm³/mol. The Labute approximate surface area is 120 Å². The van der Waals surface area contributed by atoms with Crippen molar-refractivity contribution >= 4 is 28.9 Å². The van der Waals surface area contributed by atoms with Crippen molar-refractivity contribution in [2.45, 2.75) is 26.8 Å². The Bertz CT molecular complexity index is 364. The molecule has 1 aromatic rings. The summed E-state index contributed by atoms with van der Waals surface area (Å²) in [5, 5.41) is 10.5. The smallest absolute Gasteiger partial charge is 0.208 e. The van der Waals surface area contributed by atoms with Crippen LogP contribution in [0.4, 0.5) is 5.13 Å². The molecule has 0 saturated carbocycles. The summed E-state index contributed by atoms with van der Waals surface area (Å²) in [6.45, 7) is 8.83. The molecule has 2 atom stereocenters. The lowest BCUT2D eigenvalue weighted by molar-refractivity contribution is 0.216. The lowest BCUT2D eigenvalue weighted by atomic mass is 9.91. The summed E-state index contributed by atoms with van der Waals surface area (Å²) in [5.41, 5.74) is 0. The second-order valence-electron chi connectivity index (χ2n) is 5.45. The minimum Gasteiger partial charge on any atom is -0.345 e.